The summed E-state index contributed by atoms with van der Waals surface area (Å²) in [6, 6.07) is 0. The van der Waals surface area contributed by atoms with E-state index in [0.717, 1.165) is 25.9 Å². The van der Waals surface area contributed by atoms with Gasteiger partial charge in [-0.1, -0.05) is 6.42 Å². The Bertz CT molecular complexity index is 635. The maximum atomic E-state index is 11.7. The molecule has 2 aromatic heterocycles. The molecular weight excluding hydrogens is 348 g/mol. The van der Waals surface area contributed by atoms with Gasteiger partial charge in [-0.05, 0) is 45.2 Å². The lowest BCUT2D eigenvalue weighted by Gasteiger charge is -2.26. The van der Waals surface area contributed by atoms with Gasteiger partial charge in [0, 0.05) is 25.5 Å². The van der Waals surface area contributed by atoms with E-state index in [1.54, 1.807) is 12.4 Å². The van der Waals surface area contributed by atoms with Crippen LogP contribution in [0.4, 0.5) is 0 Å². The number of likely N-dealkylation sites (tertiary alicyclic amines) is 1. The average Bonchev–Trinajstić information content (AvgIpc) is 3.45. The van der Waals surface area contributed by atoms with E-state index in [1.807, 2.05) is 4.90 Å². The van der Waals surface area contributed by atoms with E-state index in [4.69, 9.17) is 5.11 Å². The third-order valence-corrected chi connectivity index (χ3v) is 4.34. The first kappa shape index (κ1) is 20.6. The van der Waals surface area contributed by atoms with Crippen LogP contribution in [0, 0.1) is 0 Å². The quantitative estimate of drug-likeness (QED) is 0.634. The number of carbonyl (C=O) groups is 2. The molecule has 4 N–H and O–H groups in total. The third kappa shape index (κ3) is 7.61. The van der Waals surface area contributed by atoms with Gasteiger partial charge in [0.15, 0.2) is 0 Å². The molecule has 0 radical (unpaired) electrons. The van der Waals surface area contributed by atoms with Gasteiger partial charge in [-0.15, -0.1) is 0 Å². The van der Waals surface area contributed by atoms with E-state index >= 15 is 0 Å². The molecule has 2 saturated heterocycles. The molecule has 0 unspecified atom stereocenters. The van der Waals surface area contributed by atoms with Crippen LogP contribution < -0.4 is 5.32 Å². The van der Waals surface area contributed by atoms with Crippen molar-refractivity contribution in [2.24, 2.45) is 0 Å². The summed E-state index contributed by atoms with van der Waals surface area (Å²) in [6.07, 6.45) is 13.5. The van der Waals surface area contributed by atoms with Crippen LogP contribution in [0.2, 0.25) is 0 Å². The average molecular weight is 376 g/mol. The van der Waals surface area contributed by atoms with Crippen LogP contribution in [-0.2, 0) is 0 Å². The highest BCUT2D eigenvalue weighted by molar-refractivity contribution is 5.93. The van der Waals surface area contributed by atoms with Gasteiger partial charge in [0.25, 0.3) is 5.91 Å². The molecule has 2 fully saturated rings. The fourth-order valence-electron chi connectivity index (χ4n) is 2.82. The zero-order valence-corrected chi connectivity index (χ0v) is 15.5. The summed E-state index contributed by atoms with van der Waals surface area (Å²) in [7, 11) is 0. The number of hydrogen-bond donors (Lipinski definition) is 4. The second-order valence-electron chi connectivity index (χ2n) is 6.44. The summed E-state index contributed by atoms with van der Waals surface area (Å²) < 4.78 is 0. The molecule has 2 aliphatic heterocycles. The fraction of sp³-hybridized carbons (Fsp3) is 0.556. The van der Waals surface area contributed by atoms with Crippen molar-refractivity contribution >= 4 is 11.9 Å². The molecule has 27 heavy (non-hydrogen) atoms. The van der Waals surface area contributed by atoms with Crippen LogP contribution in [0.5, 0.6) is 0 Å². The van der Waals surface area contributed by atoms with Crippen LogP contribution in [0.15, 0.2) is 24.8 Å². The monoisotopic (exact) mass is 376 g/mol. The molecule has 0 saturated carbocycles. The Morgan fingerprint density at radius 3 is 1.78 bits per heavy atom. The first-order chi connectivity index (χ1) is 13.2. The van der Waals surface area contributed by atoms with Gasteiger partial charge < -0.3 is 15.3 Å². The number of carboxylic acids is 1. The van der Waals surface area contributed by atoms with Crippen LogP contribution in [-0.4, -0.2) is 68.5 Å². The van der Waals surface area contributed by atoms with Crippen molar-refractivity contribution in [2.45, 2.75) is 38.5 Å². The number of H-pyrrole nitrogens is 2. The number of piperidine rings is 2. The van der Waals surface area contributed by atoms with Crippen molar-refractivity contribution in [1.29, 1.82) is 0 Å². The fourth-order valence-corrected chi connectivity index (χ4v) is 2.82. The van der Waals surface area contributed by atoms with Gasteiger partial charge in [0.1, 0.15) is 0 Å². The maximum absolute atomic E-state index is 11.7. The molecule has 1 amide bonds. The molecule has 4 heterocycles. The van der Waals surface area contributed by atoms with Crippen LogP contribution in [0.25, 0.3) is 0 Å². The number of nitrogens with one attached hydrogen (secondary N) is 3. The second kappa shape index (κ2) is 11.8. The van der Waals surface area contributed by atoms with Crippen molar-refractivity contribution in [3.8, 4) is 0 Å². The molecule has 0 atom stereocenters. The number of hydrogen-bond acceptors (Lipinski definition) is 5. The number of aromatic nitrogens is 4. The van der Waals surface area contributed by atoms with Gasteiger partial charge >= 0.3 is 5.97 Å². The molecule has 0 aliphatic carbocycles. The lowest BCUT2D eigenvalue weighted by atomic mass is 10.1. The van der Waals surface area contributed by atoms with Crippen LogP contribution >= 0.6 is 0 Å². The predicted octanol–water partition coefficient (Wildman–Crippen LogP) is 1.90. The van der Waals surface area contributed by atoms with Gasteiger partial charge in [-0.2, -0.15) is 10.2 Å². The first-order valence-corrected chi connectivity index (χ1v) is 9.39. The Morgan fingerprint density at radius 2 is 1.41 bits per heavy atom. The highest BCUT2D eigenvalue weighted by atomic mass is 16.4. The summed E-state index contributed by atoms with van der Waals surface area (Å²) in [5.41, 5.74) is 0.854. The second-order valence-corrected chi connectivity index (χ2v) is 6.44. The van der Waals surface area contributed by atoms with Crippen LogP contribution in [0.1, 0.15) is 59.2 Å². The number of carboxylic acid groups (broad SMARTS) is 1. The summed E-state index contributed by atoms with van der Waals surface area (Å²) in [5, 5.41) is 23.7. The molecule has 0 spiro atoms. The molecule has 4 rings (SSSR count). The zero-order chi connectivity index (χ0) is 19.3. The van der Waals surface area contributed by atoms with E-state index < -0.39 is 5.97 Å². The number of aromatic carboxylic acids is 1. The standard InChI is InChI=1S/C9H13N3O.C5H11N.C4H4N2O2/c13-9(8-6-10-11-7-8)12-4-2-1-3-5-12;1-2-4-6-5-3-1;7-4(8)3-1-5-6-2-3/h6-7H,1-5H2,(H,10,11);6H,1-5H2;1-2H,(H,5,6)(H,7,8). The highest BCUT2D eigenvalue weighted by Crippen LogP contribution is 2.11. The molecule has 9 nitrogen and oxygen atoms in total. The van der Waals surface area contributed by atoms with E-state index in [2.05, 4.69) is 25.7 Å². The minimum absolute atomic E-state index is 0.105. The van der Waals surface area contributed by atoms with Crippen molar-refractivity contribution < 1.29 is 14.7 Å². The van der Waals surface area contributed by atoms with Crippen molar-refractivity contribution in [2.75, 3.05) is 26.2 Å². The van der Waals surface area contributed by atoms with Gasteiger partial charge in [-0.25, -0.2) is 4.79 Å². The Kier molecular flexibility index (Phi) is 9.05. The predicted molar refractivity (Wildman–Crippen MR) is 101 cm³/mol. The molecule has 148 valence electrons. The zero-order valence-electron chi connectivity index (χ0n) is 15.5. The largest absolute Gasteiger partial charge is 0.478 e. The Hall–Kier alpha value is -2.68. The van der Waals surface area contributed by atoms with E-state index in [0.29, 0.717) is 5.56 Å². The maximum Gasteiger partial charge on any atom is 0.338 e. The van der Waals surface area contributed by atoms with Crippen molar-refractivity contribution in [3.63, 3.8) is 0 Å². The SMILES string of the molecule is C1CCNCC1.O=C(O)c1cn[nH]c1.O=C(c1cn[nH]c1)N1CCCCC1. The number of carbonyl (C=O) groups excluding carboxylic acids is 1. The van der Waals surface area contributed by atoms with Gasteiger partial charge in [0.2, 0.25) is 0 Å². The summed E-state index contributed by atoms with van der Waals surface area (Å²) in [4.78, 5) is 23.6. The van der Waals surface area contributed by atoms with E-state index in [9.17, 15) is 9.59 Å². The third-order valence-electron chi connectivity index (χ3n) is 4.34. The van der Waals surface area contributed by atoms with Gasteiger partial charge in [0.05, 0.1) is 23.5 Å². The number of rotatable bonds is 2. The Balaban J connectivity index is 0.000000159. The summed E-state index contributed by atoms with van der Waals surface area (Å²) in [5.74, 6) is -0.854. The number of amides is 1. The number of nitrogens with zero attached hydrogens (tertiary/aromatic N) is 3. The lowest BCUT2D eigenvalue weighted by Crippen LogP contribution is -2.35. The molecule has 2 aliphatic rings. The Labute approximate surface area is 158 Å². The summed E-state index contributed by atoms with van der Waals surface area (Å²) >= 11 is 0. The normalized spacial score (nSPS) is 16.4. The molecule has 2 aromatic rings. The van der Waals surface area contributed by atoms with E-state index in [-0.39, 0.29) is 11.5 Å². The van der Waals surface area contributed by atoms with Gasteiger partial charge in [-0.3, -0.25) is 15.0 Å². The Morgan fingerprint density at radius 1 is 0.852 bits per heavy atom. The van der Waals surface area contributed by atoms with E-state index in [1.165, 1.54) is 51.2 Å². The smallest absolute Gasteiger partial charge is 0.338 e. The summed E-state index contributed by atoms with van der Waals surface area (Å²) in [6.45, 7) is 4.29. The van der Waals surface area contributed by atoms with Crippen molar-refractivity contribution in [3.05, 3.63) is 35.9 Å². The van der Waals surface area contributed by atoms with Crippen molar-refractivity contribution in [1.82, 2.24) is 30.6 Å². The molecule has 9 heteroatoms. The highest BCUT2D eigenvalue weighted by Gasteiger charge is 2.18. The lowest BCUT2D eigenvalue weighted by molar-refractivity contribution is 0.0694. The number of aromatic amines is 2. The minimum atomic E-state index is -0.959. The topological polar surface area (TPSA) is 127 Å². The molecular formula is C18H28N6O3. The minimum Gasteiger partial charge on any atom is -0.478 e. The molecule has 0 aromatic carbocycles. The molecule has 0 bridgehead atoms. The first-order valence-electron chi connectivity index (χ1n) is 9.39. The van der Waals surface area contributed by atoms with Crippen LogP contribution in [0.3, 0.4) is 0 Å².